The van der Waals surface area contributed by atoms with Gasteiger partial charge in [0.05, 0.1) is 23.6 Å². The highest BCUT2D eigenvalue weighted by molar-refractivity contribution is 5.99. The molecule has 7 nitrogen and oxygen atoms in total. The molecule has 0 radical (unpaired) electrons. The predicted molar refractivity (Wildman–Crippen MR) is 136 cm³/mol. The van der Waals surface area contributed by atoms with Crippen LogP contribution in [0.25, 0.3) is 11.0 Å². The molecule has 1 unspecified atom stereocenters. The number of rotatable bonds is 11. The molecule has 7 heteroatoms. The quantitative estimate of drug-likeness (QED) is 0.376. The maximum Gasteiger partial charge on any atom is 0.290 e. The van der Waals surface area contributed by atoms with Crippen molar-refractivity contribution in [3.8, 4) is 11.5 Å². The minimum Gasteiger partial charge on any atom is -0.494 e. The number of likely N-dealkylation sites (N-methyl/N-ethyl adjacent to an activating group) is 1. The number of hydrogen-bond donors (Lipinski definition) is 0. The van der Waals surface area contributed by atoms with Crippen LogP contribution in [0.2, 0.25) is 0 Å². The summed E-state index contributed by atoms with van der Waals surface area (Å²) in [6.45, 7) is 13.6. The number of carbonyl (C=O) groups is 1. The summed E-state index contributed by atoms with van der Waals surface area (Å²) in [7, 11) is 0. The van der Waals surface area contributed by atoms with Crippen LogP contribution in [0.5, 0.6) is 11.5 Å². The number of benzene rings is 2. The lowest BCUT2D eigenvalue weighted by Crippen LogP contribution is -2.37. The molecule has 0 fully saturated rings. The number of hydrogen-bond acceptors (Lipinski definition) is 6. The van der Waals surface area contributed by atoms with E-state index in [0.717, 1.165) is 18.7 Å². The summed E-state index contributed by atoms with van der Waals surface area (Å²) in [5.74, 6) is 1.12. The Balaban J connectivity index is 1.80. The zero-order chi connectivity index (χ0) is 24.9. The van der Waals surface area contributed by atoms with Crippen LogP contribution in [-0.4, -0.2) is 55.1 Å². The molecule has 1 aromatic heterocycles. The van der Waals surface area contributed by atoms with Gasteiger partial charge in [-0.2, -0.15) is 0 Å². The third kappa shape index (κ3) is 4.82. The number of nitrogens with zero attached hydrogens (tertiary/aromatic N) is 2. The number of fused-ring (bicyclic) bond motifs is 2. The Morgan fingerprint density at radius 1 is 1.03 bits per heavy atom. The smallest absolute Gasteiger partial charge is 0.290 e. The monoisotopic (exact) mass is 476 g/mol. The third-order valence-corrected chi connectivity index (χ3v) is 6.37. The van der Waals surface area contributed by atoms with Crippen LogP contribution >= 0.6 is 0 Å². The van der Waals surface area contributed by atoms with Crippen molar-refractivity contribution in [3.63, 3.8) is 0 Å². The summed E-state index contributed by atoms with van der Waals surface area (Å²) in [4.78, 5) is 31.3. The zero-order valence-electron chi connectivity index (χ0n) is 20.6. The average molecular weight is 477 g/mol. The largest absolute Gasteiger partial charge is 0.494 e. The van der Waals surface area contributed by atoms with Gasteiger partial charge in [0, 0.05) is 19.2 Å². The van der Waals surface area contributed by atoms with E-state index in [2.05, 4.69) is 25.3 Å². The van der Waals surface area contributed by atoms with Crippen molar-refractivity contribution in [1.29, 1.82) is 0 Å². The lowest BCUT2D eigenvalue weighted by molar-refractivity contribution is 0.0708. The van der Waals surface area contributed by atoms with Gasteiger partial charge in [-0.05, 0) is 49.8 Å². The van der Waals surface area contributed by atoms with Gasteiger partial charge in [-0.15, -0.1) is 0 Å². The fourth-order valence-electron chi connectivity index (χ4n) is 4.52. The highest BCUT2D eigenvalue weighted by atomic mass is 16.5. The molecule has 1 aliphatic rings. The van der Waals surface area contributed by atoms with Crippen LogP contribution in [0.15, 0.2) is 64.3 Å². The molecule has 1 amide bonds. The van der Waals surface area contributed by atoms with Gasteiger partial charge in [-0.3, -0.25) is 9.59 Å². The van der Waals surface area contributed by atoms with Gasteiger partial charge in [-0.25, -0.2) is 0 Å². The van der Waals surface area contributed by atoms with Crippen LogP contribution in [0.1, 0.15) is 48.5 Å². The van der Waals surface area contributed by atoms with Crippen LogP contribution in [0.4, 0.5) is 0 Å². The molecule has 3 aromatic rings. The van der Waals surface area contributed by atoms with Crippen LogP contribution in [-0.2, 0) is 0 Å². The molecule has 184 valence electrons. The van der Waals surface area contributed by atoms with Gasteiger partial charge in [0.1, 0.15) is 23.7 Å². The van der Waals surface area contributed by atoms with Gasteiger partial charge in [-0.1, -0.05) is 38.6 Å². The summed E-state index contributed by atoms with van der Waals surface area (Å²) in [6.07, 6.45) is 1.68. The standard InChI is InChI=1S/C28H32N2O5/c1-5-17-34-20-11-9-19(10-12-20)25-24-26(31)22-14-13-21(33-8-4)18-23(22)35-27(24)28(32)30(25)16-15-29(6-2)7-3/h5,9-14,18,25H,1,6-8,15-17H2,2-4H3. The van der Waals surface area contributed by atoms with Gasteiger partial charge in [0.25, 0.3) is 5.91 Å². The Labute approximate surface area is 205 Å². The first-order valence-corrected chi connectivity index (χ1v) is 12.1. The summed E-state index contributed by atoms with van der Waals surface area (Å²) < 4.78 is 17.3. The summed E-state index contributed by atoms with van der Waals surface area (Å²) in [5.41, 5.74) is 1.37. The van der Waals surface area contributed by atoms with Gasteiger partial charge in [0.15, 0.2) is 5.43 Å². The van der Waals surface area contributed by atoms with Crippen molar-refractivity contribution < 1.29 is 18.7 Å². The van der Waals surface area contributed by atoms with Crippen molar-refractivity contribution in [2.75, 3.05) is 39.4 Å². The summed E-state index contributed by atoms with van der Waals surface area (Å²) in [6, 6.07) is 12.1. The third-order valence-electron chi connectivity index (χ3n) is 6.37. The van der Waals surface area contributed by atoms with E-state index in [1.807, 2.05) is 31.2 Å². The number of carbonyl (C=O) groups excluding carboxylic acids is 1. The minimum atomic E-state index is -0.534. The topological polar surface area (TPSA) is 72.2 Å². The highest BCUT2D eigenvalue weighted by Gasteiger charge is 2.42. The average Bonchev–Trinajstić information content (AvgIpc) is 3.15. The molecule has 2 aromatic carbocycles. The normalized spacial score (nSPS) is 15.0. The van der Waals surface area contributed by atoms with Crippen LogP contribution in [0.3, 0.4) is 0 Å². The maximum absolute atomic E-state index is 13.7. The molecule has 2 heterocycles. The Bertz CT molecular complexity index is 1260. The van der Waals surface area contributed by atoms with Gasteiger partial charge >= 0.3 is 0 Å². The second kappa shape index (κ2) is 10.8. The fraction of sp³-hybridized carbons (Fsp3) is 0.357. The molecule has 35 heavy (non-hydrogen) atoms. The zero-order valence-corrected chi connectivity index (χ0v) is 20.6. The van der Waals surface area contributed by atoms with Crippen molar-refractivity contribution in [2.24, 2.45) is 0 Å². The maximum atomic E-state index is 13.7. The molecule has 0 spiro atoms. The first-order valence-electron chi connectivity index (χ1n) is 12.1. The predicted octanol–water partition coefficient (Wildman–Crippen LogP) is 4.64. The summed E-state index contributed by atoms with van der Waals surface area (Å²) in [5, 5.41) is 0.432. The van der Waals surface area contributed by atoms with Crippen molar-refractivity contribution in [1.82, 2.24) is 9.80 Å². The molecule has 0 N–H and O–H groups in total. The lowest BCUT2D eigenvalue weighted by atomic mass is 9.98. The van der Waals surface area contributed by atoms with E-state index in [1.54, 1.807) is 29.2 Å². The minimum absolute atomic E-state index is 0.104. The summed E-state index contributed by atoms with van der Waals surface area (Å²) >= 11 is 0. The van der Waals surface area contributed by atoms with E-state index in [1.165, 1.54) is 0 Å². The molecular formula is C28H32N2O5. The molecule has 0 aliphatic carbocycles. The van der Waals surface area contributed by atoms with E-state index in [0.29, 0.717) is 54.3 Å². The van der Waals surface area contributed by atoms with Gasteiger partial charge in [0.2, 0.25) is 5.76 Å². The molecule has 0 saturated heterocycles. The van der Waals surface area contributed by atoms with E-state index in [4.69, 9.17) is 13.9 Å². The molecule has 0 bridgehead atoms. The second-order valence-electron chi connectivity index (χ2n) is 8.36. The first kappa shape index (κ1) is 24.5. The number of amides is 1. The Hall–Kier alpha value is -3.58. The fourth-order valence-corrected chi connectivity index (χ4v) is 4.52. The van der Waals surface area contributed by atoms with Crippen LogP contribution in [0, 0.1) is 0 Å². The first-order chi connectivity index (χ1) is 17.0. The van der Waals surface area contributed by atoms with Crippen LogP contribution < -0.4 is 14.9 Å². The Kier molecular flexibility index (Phi) is 7.56. The number of ether oxygens (including phenoxy) is 2. The molecule has 0 saturated carbocycles. The van der Waals surface area contributed by atoms with Gasteiger partial charge < -0.3 is 23.7 Å². The van der Waals surface area contributed by atoms with Crippen molar-refractivity contribution in [2.45, 2.75) is 26.8 Å². The van der Waals surface area contributed by atoms with E-state index in [-0.39, 0.29) is 17.1 Å². The van der Waals surface area contributed by atoms with Crippen molar-refractivity contribution in [3.05, 3.63) is 82.2 Å². The van der Waals surface area contributed by atoms with E-state index >= 15 is 0 Å². The second-order valence-corrected chi connectivity index (χ2v) is 8.36. The molecule has 1 atom stereocenters. The Morgan fingerprint density at radius 3 is 2.40 bits per heavy atom. The molecular weight excluding hydrogens is 444 g/mol. The Morgan fingerprint density at radius 2 is 1.74 bits per heavy atom. The lowest BCUT2D eigenvalue weighted by Gasteiger charge is -2.28. The molecule has 1 aliphatic heterocycles. The highest BCUT2D eigenvalue weighted by Crippen LogP contribution is 2.38. The van der Waals surface area contributed by atoms with Crippen molar-refractivity contribution >= 4 is 16.9 Å². The SMILES string of the molecule is C=CCOc1ccc(C2c3c(oc4cc(OCC)ccc4c3=O)C(=O)N2CCN(CC)CC)cc1. The molecule has 4 rings (SSSR count). The van der Waals surface area contributed by atoms with E-state index in [9.17, 15) is 9.59 Å². The van der Waals surface area contributed by atoms with E-state index < -0.39 is 6.04 Å².